The molecule has 6 nitrogen and oxygen atoms in total. The van der Waals surface area contributed by atoms with Crippen LogP contribution in [0.5, 0.6) is 5.75 Å². The first-order valence-electron chi connectivity index (χ1n) is 8.29. The molecule has 1 heterocycles. The van der Waals surface area contributed by atoms with Gasteiger partial charge < -0.3 is 4.74 Å². The Labute approximate surface area is 167 Å². The predicted octanol–water partition coefficient (Wildman–Crippen LogP) is 5.04. The molecule has 10 heteroatoms. The zero-order valence-electron chi connectivity index (χ0n) is 14.9. The molecule has 150 valence electrons. The van der Waals surface area contributed by atoms with Crippen LogP contribution in [-0.2, 0) is 15.5 Å². The first-order valence-corrected chi connectivity index (χ1v) is 9.03. The van der Waals surface area contributed by atoms with Crippen molar-refractivity contribution in [3.05, 3.63) is 60.3 Å². The summed E-state index contributed by atoms with van der Waals surface area (Å²) in [5, 5.41) is 5.29. The van der Waals surface area contributed by atoms with Gasteiger partial charge in [0.2, 0.25) is 0 Å². The number of nitrogens with two attached hydrogens (primary N) is 1. The van der Waals surface area contributed by atoms with Gasteiger partial charge in [-0.3, -0.25) is 0 Å². The fourth-order valence-electron chi connectivity index (χ4n) is 3.14. The Morgan fingerprint density at radius 3 is 2.38 bits per heavy atom. The van der Waals surface area contributed by atoms with Crippen LogP contribution in [0, 0.1) is 0 Å². The molecule has 3 aromatic carbocycles. The number of hydrogen-bond donors (Lipinski definition) is 1. The van der Waals surface area contributed by atoms with Crippen molar-refractivity contribution in [3.8, 4) is 11.4 Å². The molecule has 2 N–H and O–H groups in total. The van der Waals surface area contributed by atoms with Crippen molar-refractivity contribution in [2.45, 2.75) is 11.1 Å². The van der Waals surface area contributed by atoms with Crippen LogP contribution in [0.25, 0.3) is 27.4 Å². The number of methoxy groups -OCH3 is 1. The van der Waals surface area contributed by atoms with E-state index < -0.39 is 11.9 Å². The van der Waals surface area contributed by atoms with E-state index >= 15 is 0 Å². The summed E-state index contributed by atoms with van der Waals surface area (Å²) in [5.74, 6) is 5.42. The molecular weight excluding hydrogens is 407 g/mol. The van der Waals surface area contributed by atoms with Gasteiger partial charge in [-0.05, 0) is 53.9 Å². The van der Waals surface area contributed by atoms with Gasteiger partial charge in [0.25, 0.3) is 0 Å². The molecule has 0 bridgehead atoms. The average Bonchev–Trinajstić information content (AvgIpc) is 3.12. The zero-order chi connectivity index (χ0) is 20.6. The molecule has 0 aliphatic heterocycles. The van der Waals surface area contributed by atoms with Crippen LogP contribution < -0.4 is 10.6 Å². The fourth-order valence-corrected chi connectivity index (χ4v) is 3.50. The minimum Gasteiger partial charge on any atom is -0.497 e. The van der Waals surface area contributed by atoms with E-state index in [-0.39, 0.29) is 5.39 Å². The van der Waals surface area contributed by atoms with Crippen LogP contribution in [0.1, 0.15) is 5.69 Å². The van der Waals surface area contributed by atoms with Gasteiger partial charge in [-0.2, -0.15) is 24.2 Å². The Balaban J connectivity index is 1.95. The lowest BCUT2D eigenvalue weighted by atomic mass is 10.1. The van der Waals surface area contributed by atoms with Crippen molar-refractivity contribution in [1.82, 2.24) is 9.78 Å². The Bertz CT molecular complexity index is 1180. The number of halogens is 3. The second-order valence-corrected chi connectivity index (χ2v) is 6.82. The third kappa shape index (κ3) is 3.62. The number of alkyl halides is 3. The molecule has 0 fully saturated rings. The largest absolute Gasteiger partial charge is 0.497 e. The molecule has 4 aromatic rings. The van der Waals surface area contributed by atoms with E-state index in [1.807, 2.05) is 0 Å². The second-order valence-electron chi connectivity index (χ2n) is 6.05. The molecule has 0 amide bonds. The molecule has 0 saturated carbocycles. The molecule has 0 atom stereocenters. The van der Waals surface area contributed by atoms with E-state index in [0.717, 1.165) is 17.4 Å². The molecule has 0 unspecified atom stereocenters. The first kappa shape index (κ1) is 19.5. The Kier molecular flexibility index (Phi) is 5.09. The van der Waals surface area contributed by atoms with Gasteiger partial charge in [0.15, 0.2) is 5.69 Å². The Hall–Kier alpha value is -2.79. The summed E-state index contributed by atoms with van der Waals surface area (Å²) < 4.78 is 52.0. The zero-order valence-corrected chi connectivity index (χ0v) is 15.8. The number of aromatic nitrogens is 2. The summed E-state index contributed by atoms with van der Waals surface area (Å²) in [4.78, 5) is 4.69. The van der Waals surface area contributed by atoms with Crippen LogP contribution in [0.2, 0.25) is 0 Å². The molecule has 1 aromatic heterocycles. The average molecular weight is 421 g/mol. The first-order chi connectivity index (χ1) is 13.9. The van der Waals surface area contributed by atoms with Crippen LogP contribution >= 0.6 is 12.0 Å². The summed E-state index contributed by atoms with van der Waals surface area (Å²) in [6.45, 7) is 0. The van der Waals surface area contributed by atoms with Crippen molar-refractivity contribution in [1.29, 1.82) is 0 Å². The molecule has 0 spiro atoms. The number of nitrogens with zero attached hydrogens (tertiary/aromatic N) is 2. The second kappa shape index (κ2) is 7.56. The summed E-state index contributed by atoms with van der Waals surface area (Å²) in [5.41, 5.74) is -0.116. The number of benzene rings is 3. The van der Waals surface area contributed by atoms with Crippen molar-refractivity contribution in [3.63, 3.8) is 0 Å². The van der Waals surface area contributed by atoms with Crippen molar-refractivity contribution < 1.29 is 27.2 Å². The van der Waals surface area contributed by atoms with E-state index in [2.05, 4.69) is 14.4 Å². The molecule has 0 radical (unpaired) electrons. The molecule has 0 aliphatic carbocycles. The quantitative estimate of drug-likeness (QED) is 0.277. The number of ether oxygens (including phenoxy) is 1. The van der Waals surface area contributed by atoms with E-state index in [9.17, 15) is 13.2 Å². The predicted molar refractivity (Wildman–Crippen MR) is 102 cm³/mol. The molecule has 0 saturated heterocycles. The smallest absolute Gasteiger partial charge is 0.435 e. The highest BCUT2D eigenvalue weighted by Crippen LogP contribution is 2.38. The maximum absolute atomic E-state index is 13.6. The summed E-state index contributed by atoms with van der Waals surface area (Å²) in [6.07, 6.45) is -4.59. The SMILES string of the molecule is COc1ccc2c(ccc3c(C(F)(F)F)nn(-c4ccc(SOON)cc4)c32)c1. The minimum absolute atomic E-state index is 0.0217. The molecule has 0 aliphatic rings. The van der Waals surface area contributed by atoms with E-state index in [1.165, 1.54) is 17.9 Å². The Morgan fingerprint density at radius 1 is 1.00 bits per heavy atom. The number of hydrogen-bond acceptors (Lipinski definition) is 6. The number of fused-ring (bicyclic) bond motifs is 3. The fraction of sp³-hybridized carbons (Fsp3) is 0.105. The summed E-state index contributed by atoms with van der Waals surface area (Å²) in [7, 11) is 1.53. The van der Waals surface area contributed by atoms with Gasteiger partial charge in [-0.15, -0.1) is 9.32 Å². The van der Waals surface area contributed by atoms with E-state index in [1.54, 1.807) is 48.5 Å². The number of rotatable bonds is 5. The minimum atomic E-state index is -4.59. The molecular formula is C19H14F3N3O3S. The Morgan fingerprint density at radius 2 is 1.72 bits per heavy atom. The maximum Gasteiger partial charge on any atom is 0.435 e. The van der Waals surface area contributed by atoms with Crippen molar-refractivity contribution in [2.24, 2.45) is 5.90 Å². The lowest BCUT2D eigenvalue weighted by Gasteiger charge is -2.08. The highest BCUT2D eigenvalue weighted by atomic mass is 32.2. The van der Waals surface area contributed by atoms with E-state index in [4.69, 9.17) is 10.6 Å². The topological polar surface area (TPSA) is 71.5 Å². The van der Waals surface area contributed by atoms with Crippen LogP contribution in [0.15, 0.2) is 59.5 Å². The monoisotopic (exact) mass is 421 g/mol. The lowest BCUT2D eigenvalue weighted by molar-refractivity contribution is -0.195. The standard InChI is InChI=1S/C19H14F3N3O3S/c1-26-13-5-9-15-11(10-13)2-8-16-17(15)25(24-18(16)19(20,21)22)12-3-6-14(7-4-12)29-28-27-23/h2-10H,23H2,1H3. The third-order valence-electron chi connectivity index (χ3n) is 4.38. The summed E-state index contributed by atoms with van der Waals surface area (Å²) >= 11 is 0.873. The molecule has 29 heavy (non-hydrogen) atoms. The highest BCUT2D eigenvalue weighted by Gasteiger charge is 2.37. The van der Waals surface area contributed by atoms with E-state index in [0.29, 0.717) is 27.2 Å². The van der Waals surface area contributed by atoms with Gasteiger partial charge in [0.1, 0.15) is 5.75 Å². The van der Waals surface area contributed by atoms with Gasteiger partial charge >= 0.3 is 6.18 Å². The van der Waals surface area contributed by atoms with Gasteiger partial charge in [0.05, 0.1) is 30.4 Å². The van der Waals surface area contributed by atoms with Crippen LogP contribution in [0.3, 0.4) is 0 Å². The van der Waals surface area contributed by atoms with Crippen molar-refractivity contribution >= 4 is 33.7 Å². The van der Waals surface area contributed by atoms with Crippen LogP contribution in [0.4, 0.5) is 13.2 Å². The van der Waals surface area contributed by atoms with Crippen molar-refractivity contribution in [2.75, 3.05) is 7.11 Å². The van der Waals surface area contributed by atoms with Crippen LogP contribution in [-0.4, -0.2) is 16.9 Å². The van der Waals surface area contributed by atoms with Gasteiger partial charge in [-0.1, -0.05) is 6.07 Å². The normalized spacial score (nSPS) is 12.0. The third-order valence-corrected chi connectivity index (χ3v) is 5.00. The highest BCUT2D eigenvalue weighted by molar-refractivity contribution is 7.94. The summed E-state index contributed by atoms with van der Waals surface area (Å²) in [6, 6.07) is 14.9. The lowest BCUT2D eigenvalue weighted by Crippen LogP contribution is -2.07. The van der Waals surface area contributed by atoms with Gasteiger partial charge in [0, 0.05) is 15.7 Å². The van der Waals surface area contributed by atoms with Gasteiger partial charge in [-0.25, -0.2) is 4.68 Å². The maximum atomic E-state index is 13.6. The molecule has 4 rings (SSSR count).